The van der Waals surface area contributed by atoms with E-state index in [2.05, 4.69) is 5.32 Å². The van der Waals surface area contributed by atoms with Gasteiger partial charge in [0, 0.05) is 23.9 Å². The molecule has 0 aliphatic rings. The molecule has 0 aliphatic carbocycles. The van der Waals surface area contributed by atoms with Crippen molar-refractivity contribution in [2.45, 2.75) is 38.1 Å². The molecule has 0 heterocycles. The Hall–Kier alpha value is -1.89. The molecule has 1 N–H and O–H groups in total. The summed E-state index contributed by atoms with van der Waals surface area (Å²) in [5.74, 6) is -0.631. The lowest BCUT2D eigenvalue weighted by Crippen LogP contribution is -2.47. The molecule has 1 rings (SSSR count). The molecule has 0 aromatic heterocycles. The third-order valence-corrected chi connectivity index (χ3v) is 4.14. The quantitative estimate of drug-likeness (QED) is 0.880. The molecule has 0 bridgehead atoms. The van der Waals surface area contributed by atoms with E-state index in [1.807, 2.05) is 20.8 Å². The molecule has 0 fully saturated rings. The lowest BCUT2D eigenvalue weighted by molar-refractivity contribution is -0.123. The number of nitrogens with zero attached hydrogens (tertiary/aromatic N) is 1. The second-order valence-corrected chi connectivity index (χ2v) is 8.43. The minimum absolute atomic E-state index is 0.0737. The topological polar surface area (TPSA) is 83.6 Å². The van der Waals surface area contributed by atoms with Gasteiger partial charge in [-0.1, -0.05) is 6.07 Å². The van der Waals surface area contributed by atoms with E-state index < -0.39 is 9.84 Å². The highest BCUT2D eigenvalue weighted by molar-refractivity contribution is 7.90. The molecule has 0 atom stereocenters. The summed E-state index contributed by atoms with van der Waals surface area (Å²) in [5, 5.41) is 2.80. The van der Waals surface area contributed by atoms with E-state index in [4.69, 9.17) is 0 Å². The van der Waals surface area contributed by atoms with Crippen molar-refractivity contribution in [3.05, 3.63) is 29.8 Å². The number of sulfone groups is 1. The fourth-order valence-corrected chi connectivity index (χ4v) is 2.67. The molecule has 0 aliphatic heterocycles. The van der Waals surface area contributed by atoms with Gasteiger partial charge in [0.25, 0.3) is 5.91 Å². The van der Waals surface area contributed by atoms with Gasteiger partial charge < -0.3 is 10.2 Å². The fourth-order valence-electron chi connectivity index (χ4n) is 2.00. The average Bonchev–Trinajstić information content (AvgIpc) is 2.41. The summed E-state index contributed by atoms with van der Waals surface area (Å²) in [6.07, 6.45) is 1.09. The lowest BCUT2D eigenvalue weighted by atomic mass is 10.1. The van der Waals surface area contributed by atoms with Crippen molar-refractivity contribution in [2.24, 2.45) is 0 Å². The third-order valence-electron chi connectivity index (χ3n) is 3.03. The van der Waals surface area contributed by atoms with Crippen molar-refractivity contribution in [3.8, 4) is 0 Å². The SMILES string of the molecule is CCN(CC(=O)NC(C)(C)C)C(=O)c1cccc(S(C)(=O)=O)c1. The van der Waals surface area contributed by atoms with Gasteiger partial charge >= 0.3 is 0 Å². The van der Waals surface area contributed by atoms with Crippen LogP contribution in [0.4, 0.5) is 0 Å². The normalized spacial score (nSPS) is 11.9. The maximum Gasteiger partial charge on any atom is 0.254 e. The molecular weight excluding hydrogens is 316 g/mol. The first-order chi connectivity index (χ1) is 10.4. The highest BCUT2D eigenvalue weighted by atomic mass is 32.2. The van der Waals surface area contributed by atoms with Crippen LogP contribution in [0.2, 0.25) is 0 Å². The zero-order valence-electron chi connectivity index (χ0n) is 14.2. The standard InChI is InChI=1S/C16H24N2O4S/c1-6-18(11-14(19)17-16(2,3)4)15(20)12-8-7-9-13(10-12)23(5,21)22/h7-10H,6,11H2,1-5H3,(H,17,19). The molecule has 0 saturated carbocycles. The fraction of sp³-hybridized carbons (Fsp3) is 0.500. The molecule has 0 saturated heterocycles. The number of carbonyl (C=O) groups is 2. The van der Waals surface area contributed by atoms with Crippen LogP contribution < -0.4 is 5.32 Å². The van der Waals surface area contributed by atoms with Gasteiger partial charge in [0.1, 0.15) is 0 Å². The van der Waals surface area contributed by atoms with Gasteiger partial charge in [0.05, 0.1) is 11.4 Å². The van der Waals surface area contributed by atoms with Crippen LogP contribution in [-0.2, 0) is 14.6 Å². The van der Waals surface area contributed by atoms with E-state index in [0.29, 0.717) is 6.54 Å². The largest absolute Gasteiger partial charge is 0.350 e. The Morgan fingerprint density at radius 2 is 1.83 bits per heavy atom. The molecule has 7 heteroatoms. The zero-order valence-corrected chi connectivity index (χ0v) is 15.0. The van der Waals surface area contributed by atoms with Gasteiger partial charge in [-0.2, -0.15) is 0 Å². The summed E-state index contributed by atoms with van der Waals surface area (Å²) in [6.45, 7) is 7.62. The number of benzene rings is 1. The lowest BCUT2D eigenvalue weighted by Gasteiger charge is -2.25. The van der Waals surface area contributed by atoms with Crippen LogP contribution in [0, 0.1) is 0 Å². The van der Waals surface area contributed by atoms with Gasteiger partial charge in [0.2, 0.25) is 5.91 Å². The van der Waals surface area contributed by atoms with Crippen LogP contribution in [-0.4, -0.2) is 50.0 Å². The molecular formula is C16H24N2O4S. The van der Waals surface area contributed by atoms with Gasteiger partial charge in [-0.05, 0) is 45.9 Å². The first-order valence-electron chi connectivity index (χ1n) is 7.34. The van der Waals surface area contributed by atoms with Crippen molar-refractivity contribution in [1.29, 1.82) is 0 Å². The van der Waals surface area contributed by atoms with Crippen LogP contribution in [0.15, 0.2) is 29.2 Å². The number of hydrogen-bond acceptors (Lipinski definition) is 4. The first kappa shape index (κ1) is 19.2. The number of hydrogen-bond donors (Lipinski definition) is 1. The second kappa shape index (κ2) is 7.12. The van der Waals surface area contributed by atoms with E-state index in [0.717, 1.165) is 6.26 Å². The van der Waals surface area contributed by atoms with Gasteiger partial charge in [-0.25, -0.2) is 8.42 Å². The van der Waals surface area contributed by atoms with Crippen molar-refractivity contribution in [3.63, 3.8) is 0 Å². The summed E-state index contributed by atoms with van der Waals surface area (Å²) in [6, 6.07) is 5.84. The van der Waals surface area contributed by atoms with Crippen LogP contribution in [0.1, 0.15) is 38.1 Å². The molecule has 0 radical (unpaired) electrons. The predicted molar refractivity (Wildman–Crippen MR) is 89.0 cm³/mol. The number of likely N-dealkylation sites (N-methyl/N-ethyl adjacent to an activating group) is 1. The Balaban J connectivity index is 2.95. The van der Waals surface area contributed by atoms with Gasteiger partial charge in [-0.15, -0.1) is 0 Å². The molecule has 23 heavy (non-hydrogen) atoms. The summed E-state index contributed by atoms with van der Waals surface area (Å²) in [4.78, 5) is 26.0. The maximum absolute atomic E-state index is 12.5. The van der Waals surface area contributed by atoms with E-state index in [-0.39, 0.29) is 34.4 Å². The number of rotatable bonds is 5. The van der Waals surface area contributed by atoms with Crippen molar-refractivity contribution >= 4 is 21.7 Å². The predicted octanol–water partition coefficient (Wildman–Crippen LogP) is 1.47. The molecule has 1 aromatic rings. The minimum Gasteiger partial charge on any atom is -0.350 e. The van der Waals surface area contributed by atoms with Crippen molar-refractivity contribution < 1.29 is 18.0 Å². The molecule has 128 valence electrons. The third kappa shape index (κ3) is 6.02. The summed E-state index contributed by atoms with van der Waals surface area (Å²) < 4.78 is 23.2. The van der Waals surface area contributed by atoms with E-state index in [1.54, 1.807) is 13.0 Å². The van der Waals surface area contributed by atoms with Crippen molar-refractivity contribution in [1.82, 2.24) is 10.2 Å². The number of nitrogens with one attached hydrogen (secondary N) is 1. The summed E-state index contributed by atoms with van der Waals surface area (Å²) in [7, 11) is -3.39. The van der Waals surface area contributed by atoms with E-state index >= 15 is 0 Å². The second-order valence-electron chi connectivity index (χ2n) is 6.42. The van der Waals surface area contributed by atoms with Crippen LogP contribution >= 0.6 is 0 Å². The van der Waals surface area contributed by atoms with Crippen LogP contribution in [0.5, 0.6) is 0 Å². The molecule has 0 spiro atoms. The number of carbonyl (C=O) groups excluding carboxylic acids is 2. The highest BCUT2D eigenvalue weighted by Gasteiger charge is 2.21. The molecule has 6 nitrogen and oxygen atoms in total. The molecule has 2 amide bonds. The Bertz CT molecular complexity index is 690. The van der Waals surface area contributed by atoms with Gasteiger partial charge in [0.15, 0.2) is 9.84 Å². The van der Waals surface area contributed by atoms with Crippen LogP contribution in [0.3, 0.4) is 0 Å². The average molecular weight is 340 g/mol. The van der Waals surface area contributed by atoms with Crippen molar-refractivity contribution in [2.75, 3.05) is 19.3 Å². The Morgan fingerprint density at radius 3 is 2.30 bits per heavy atom. The Morgan fingerprint density at radius 1 is 1.22 bits per heavy atom. The van der Waals surface area contributed by atoms with E-state index in [1.165, 1.54) is 23.1 Å². The van der Waals surface area contributed by atoms with Crippen LogP contribution in [0.25, 0.3) is 0 Å². The molecule has 0 unspecified atom stereocenters. The maximum atomic E-state index is 12.5. The summed E-state index contributed by atoms with van der Waals surface area (Å²) >= 11 is 0. The smallest absolute Gasteiger partial charge is 0.254 e. The minimum atomic E-state index is -3.39. The Kier molecular flexibility index (Phi) is 5.93. The first-order valence-corrected chi connectivity index (χ1v) is 9.23. The number of amides is 2. The zero-order chi connectivity index (χ0) is 17.8. The summed E-state index contributed by atoms with van der Waals surface area (Å²) in [5.41, 5.74) is -0.131. The monoisotopic (exact) mass is 340 g/mol. The Labute approximate surface area is 137 Å². The van der Waals surface area contributed by atoms with Gasteiger partial charge in [-0.3, -0.25) is 9.59 Å². The molecule has 1 aromatic carbocycles. The van der Waals surface area contributed by atoms with E-state index in [9.17, 15) is 18.0 Å². The highest BCUT2D eigenvalue weighted by Crippen LogP contribution is 2.13.